The number of carbonyl (C=O) groups excluding carboxylic acids is 2. The molecule has 0 radical (unpaired) electrons. The normalized spacial score (nSPS) is 11.0. The number of hydrogen-bond acceptors (Lipinski definition) is 4. The lowest BCUT2D eigenvalue weighted by Crippen LogP contribution is -2.37. The van der Waals surface area contributed by atoms with Gasteiger partial charge in [0, 0.05) is 5.02 Å². The molecule has 22 heavy (non-hydrogen) atoms. The minimum absolute atomic E-state index is 0.235. The minimum atomic E-state index is -0.692. The summed E-state index contributed by atoms with van der Waals surface area (Å²) in [7, 11) is 0. The number of hydrogen-bond donors (Lipinski definition) is 3. The molecule has 1 rings (SSSR count). The van der Waals surface area contributed by atoms with Gasteiger partial charge in [-0.2, -0.15) is 0 Å². The second-order valence-corrected chi connectivity index (χ2v) is 6.30. The van der Waals surface area contributed by atoms with Gasteiger partial charge in [-0.1, -0.05) is 23.2 Å². The molecule has 0 heterocycles. The van der Waals surface area contributed by atoms with Gasteiger partial charge >= 0.3 is 6.09 Å². The zero-order chi connectivity index (χ0) is 16.9. The number of rotatable bonds is 4. The standard InChI is InChI=1S/C14H18Cl2N2O4/c1-14(2,3)22-13(21)17-6-12(20)18-11-5-9(15)8(7-19)4-10(11)16/h4-5,19H,6-7H2,1-3H3,(H,17,21)(H,18,20). The smallest absolute Gasteiger partial charge is 0.408 e. The highest BCUT2D eigenvalue weighted by molar-refractivity contribution is 6.36. The van der Waals surface area contributed by atoms with Crippen LogP contribution in [-0.4, -0.2) is 29.3 Å². The number of aliphatic hydroxyl groups excluding tert-OH is 1. The highest BCUT2D eigenvalue weighted by atomic mass is 35.5. The Labute approximate surface area is 138 Å². The van der Waals surface area contributed by atoms with Crippen LogP contribution in [0.15, 0.2) is 12.1 Å². The van der Waals surface area contributed by atoms with Gasteiger partial charge in [0.1, 0.15) is 12.1 Å². The van der Waals surface area contributed by atoms with E-state index >= 15 is 0 Å². The van der Waals surface area contributed by atoms with Crippen LogP contribution in [0.4, 0.5) is 10.5 Å². The van der Waals surface area contributed by atoms with Crippen molar-refractivity contribution < 1.29 is 19.4 Å². The Morgan fingerprint density at radius 3 is 2.41 bits per heavy atom. The first-order valence-electron chi connectivity index (χ1n) is 6.48. The molecule has 0 fully saturated rings. The van der Waals surface area contributed by atoms with Crippen LogP contribution in [-0.2, 0) is 16.1 Å². The van der Waals surface area contributed by atoms with Gasteiger partial charge in [0.25, 0.3) is 0 Å². The van der Waals surface area contributed by atoms with Crippen molar-refractivity contribution >= 4 is 40.9 Å². The minimum Gasteiger partial charge on any atom is -0.444 e. The fourth-order valence-electron chi connectivity index (χ4n) is 1.47. The largest absolute Gasteiger partial charge is 0.444 e. The van der Waals surface area contributed by atoms with Crippen molar-refractivity contribution in [3.63, 3.8) is 0 Å². The molecule has 0 spiro atoms. The van der Waals surface area contributed by atoms with Gasteiger partial charge in [0.2, 0.25) is 5.91 Å². The summed E-state index contributed by atoms with van der Waals surface area (Å²) < 4.78 is 5.01. The maximum Gasteiger partial charge on any atom is 0.408 e. The maximum absolute atomic E-state index is 11.8. The van der Waals surface area contributed by atoms with E-state index < -0.39 is 17.6 Å². The molecule has 122 valence electrons. The van der Waals surface area contributed by atoms with Crippen LogP contribution in [0.2, 0.25) is 10.0 Å². The van der Waals surface area contributed by atoms with Crippen LogP contribution >= 0.6 is 23.2 Å². The fourth-order valence-corrected chi connectivity index (χ4v) is 1.92. The summed E-state index contributed by atoms with van der Waals surface area (Å²) in [6, 6.07) is 2.89. The Morgan fingerprint density at radius 2 is 1.86 bits per heavy atom. The molecular formula is C14H18Cl2N2O4. The molecular weight excluding hydrogens is 331 g/mol. The summed E-state index contributed by atoms with van der Waals surface area (Å²) >= 11 is 11.9. The Bertz CT molecular complexity index is 571. The predicted octanol–water partition coefficient (Wildman–Crippen LogP) is 2.95. The first-order valence-corrected chi connectivity index (χ1v) is 7.23. The molecule has 0 saturated heterocycles. The zero-order valence-corrected chi connectivity index (χ0v) is 14.0. The van der Waals surface area contributed by atoms with Gasteiger partial charge in [-0.25, -0.2) is 4.79 Å². The van der Waals surface area contributed by atoms with Crippen LogP contribution in [0.3, 0.4) is 0 Å². The van der Waals surface area contributed by atoms with Crippen molar-refractivity contribution in [1.29, 1.82) is 0 Å². The number of ether oxygens (including phenoxy) is 1. The molecule has 8 heteroatoms. The number of amides is 2. The van der Waals surface area contributed by atoms with E-state index in [2.05, 4.69) is 10.6 Å². The summed E-state index contributed by atoms with van der Waals surface area (Å²) in [5.74, 6) is -0.486. The monoisotopic (exact) mass is 348 g/mol. The van der Waals surface area contributed by atoms with Crippen molar-refractivity contribution in [2.75, 3.05) is 11.9 Å². The van der Waals surface area contributed by atoms with Crippen LogP contribution in [0, 0.1) is 0 Å². The highest BCUT2D eigenvalue weighted by Crippen LogP contribution is 2.29. The van der Waals surface area contributed by atoms with E-state index in [1.54, 1.807) is 20.8 Å². The van der Waals surface area contributed by atoms with Gasteiger partial charge in [0.05, 0.1) is 17.3 Å². The number of benzene rings is 1. The average molecular weight is 349 g/mol. The first kappa shape index (κ1) is 18.5. The maximum atomic E-state index is 11.8. The third-order valence-corrected chi connectivity index (χ3v) is 3.04. The van der Waals surface area contributed by atoms with Gasteiger partial charge in [-0.3, -0.25) is 4.79 Å². The predicted molar refractivity (Wildman–Crippen MR) is 85.3 cm³/mol. The summed E-state index contributed by atoms with van der Waals surface area (Å²) in [5, 5.41) is 14.4. The van der Waals surface area contributed by atoms with Crippen LogP contribution in [0.25, 0.3) is 0 Å². The molecule has 0 atom stereocenters. The molecule has 1 aromatic carbocycles. The van der Waals surface area contributed by atoms with Crippen LogP contribution in [0.1, 0.15) is 26.3 Å². The van der Waals surface area contributed by atoms with E-state index in [1.807, 2.05) is 0 Å². The molecule has 6 nitrogen and oxygen atoms in total. The van der Waals surface area contributed by atoms with Crippen molar-refractivity contribution in [2.24, 2.45) is 0 Å². The lowest BCUT2D eigenvalue weighted by atomic mass is 10.2. The molecule has 0 bridgehead atoms. The number of anilines is 1. The van der Waals surface area contributed by atoms with Crippen LogP contribution < -0.4 is 10.6 Å². The van der Waals surface area contributed by atoms with E-state index in [0.717, 1.165) is 0 Å². The highest BCUT2D eigenvalue weighted by Gasteiger charge is 2.17. The lowest BCUT2D eigenvalue weighted by molar-refractivity contribution is -0.115. The molecule has 0 aromatic heterocycles. The molecule has 3 N–H and O–H groups in total. The molecule has 0 aliphatic heterocycles. The number of alkyl carbamates (subject to hydrolysis) is 1. The van der Waals surface area contributed by atoms with Crippen molar-refractivity contribution in [3.8, 4) is 0 Å². The van der Waals surface area contributed by atoms with E-state index in [-0.39, 0.29) is 23.2 Å². The summed E-state index contributed by atoms with van der Waals surface area (Å²) in [6.45, 7) is 4.63. The fraction of sp³-hybridized carbons (Fsp3) is 0.429. The van der Waals surface area contributed by atoms with Gasteiger partial charge in [0.15, 0.2) is 0 Å². The molecule has 0 saturated carbocycles. The Kier molecular flexibility index (Phi) is 6.47. The first-order chi connectivity index (χ1) is 10.1. The van der Waals surface area contributed by atoms with Crippen molar-refractivity contribution in [3.05, 3.63) is 27.7 Å². The van der Waals surface area contributed by atoms with Gasteiger partial charge in [-0.05, 0) is 38.5 Å². The van der Waals surface area contributed by atoms with E-state index in [1.165, 1.54) is 12.1 Å². The van der Waals surface area contributed by atoms with E-state index in [4.69, 9.17) is 33.0 Å². The molecule has 1 aromatic rings. The lowest BCUT2D eigenvalue weighted by Gasteiger charge is -2.19. The van der Waals surface area contributed by atoms with E-state index in [0.29, 0.717) is 11.3 Å². The Balaban J connectivity index is 2.59. The molecule has 0 unspecified atom stereocenters. The van der Waals surface area contributed by atoms with Crippen molar-refractivity contribution in [2.45, 2.75) is 33.0 Å². The number of aliphatic hydroxyl groups is 1. The molecule has 2 amide bonds. The Hall–Kier alpha value is -1.50. The third kappa shape index (κ3) is 6.09. The van der Waals surface area contributed by atoms with E-state index in [9.17, 15) is 9.59 Å². The van der Waals surface area contributed by atoms with Gasteiger partial charge in [-0.15, -0.1) is 0 Å². The van der Waals surface area contributed by atoms with Crippen molar-refractivity contribution in [1.82, 2.24) is 5.32 Å². The number of halogens is 2. The Morgan fingerprint density at radius 1 is 1.23 bits per heavy atom. The second kappa shape index (κ2) is 7.67. The summed E-state index contributed by atoms with van der Waals surface area (Å²) in [4.78, 5) is 23.2. The summed E-state index contributed by atoms with van der Waals surface area (Å²) in [5.41, 5.74) is 0.105. The molecule has 0 aliphatic carbocycles. The molecule has 0 aliphatic rings. The second-order valence-electron chi connectivity index (χ2n) is 5.49. The third-order valence-electron chi connectivity index (χ3n) is 2.37. The number of nitrogens with one attached hydrogen (secondary N) is 2. The summed E-state index contributed by atoms with van der Waals surface area (Å²) in [6.07, 6.45) is -0.692. The van der Waals surface area contributed by atoms with Gasteiger partial charge < -0.3 is 20.5 Å². The SMILES string of the molecule is CC(C)(C)OC(=O)NCC(=O)Nc1cc(Cl)c(CO)cc1Cl. The quantitative estimate of drug-likeness (QED) is 0.780. The van der Waals surface area contributed by atoms with Crippen LogP contribution in [0.5, 0.6) is 0 Å². The average Bonchev–Trinajstić information content (AvgIpc) is 2.38. The zero-order valence-electron chi connectivity index (χ0n) is 12.5. The number of carbonyl (C=O) groups is 2. The topological polar surface area (TPSA) is 87.7 Å².